The van der Waals surface area contributed by atoms with Gasteiger partial charge in [0.1, 0.15) is 5.75 Å². The van der Waals surface area contributed by atoms with Crippen molar-refractivity contribution in [2.24, 2.45) is 5.41 Å². The highest BCUT2D eigenvalue weighted by molar-refractivity contribution is 5.77. The van der Waals surface area contributed by atoms with E-state index in [0.29, 0.717) is 19.3 Å². The topological polar surface area (TPSA) is 48.0 Å². The molecule has 0 N–H and O–H groups in total. The molecule has 1 saturated heterocycles. The lowest BCUT2D eigenvalue weighted by atomic mass is 9.75. The van der Waals surface area contributed by atoms with E-state index in [0.717, 1.165) is 44.5 Å². The zero-order chi connectivity index (χ0) is 19.0. The van der Waals surface area contributed by atoms with Crippen molar-refractivity contribution >= 4 is 5.97 Å². The van der Waals surface area contributed by atoms with E-state index in [9.17, 15) is 4.79 Å². The molecular weight excluding hydrogens is 330 g/mol. The molecule has 1 heterocycles. The highest BCUT2D eigenvalue weighted by Crippen LogP contribution is 2.37. The molecule has 146 valence electrons. The van der Waals surface area contributed by atoms with Crippen LogP contribution in [0.2, 0.25) is 0 Å². The number of methoxy groups -OCH3 is 2. The Morgan fingerprint density at radius 1 is 1.23 bits per heavy atom. The second kappa shape index (κ2) is 9.93. The standard InChI is InChI=1S/C21H33NO4/c1-5-26-20(23)21(12-15-24-3)10-13-22(14-11-21)17(2)16-18-8-6-7-9-19(18)25-4/h6-9,17H,5,10-16H2,1-4H3/t17-/m1/s1. The normalized spacial score (nSPS) is 18.3. The van der Waals surface area contributed by atoms with Gasteiger partial charge < -0.3 is 19.1 Å². The Hall–Kier alpha value is -1.59. The summed E-state index contributed by atoms with van der Waals surface area (Å²) < 4.78 is 16.1. The van der Waals surface area contributed by atoms with Crippen molar-refractivity contribution in [1.29, 1.82) is 0 Å². The first-order chi connectivity index (χ1) is 12.6. The number of nitrogens with zero attached hydrogens (tertiary/aromatic N) is 1. The summed E-state index contributed by atoms with van der Waals surface area (Å²) in [6, 6.07) is 8.58. The van der Waals surface area contributed by atoms with E-state index in [1.807, 2.05) is 19.1 Å². The molecule has 0 bridgehead atoms. The molecule has 0 spiro atoms. The lowest BCUT2D eigenvalue weighted by Crippen LogP contribution is -2.48. The van der Waals surface area contributed by atoms with Crippen molar-refractivity contribution in [3.63, 3.8) is 0 Å². The number of piperidine rings is 1. The molecule has 5 heteroatoms. The first-order valence-electron chi connectivity index (χ1n) is 9.58. The summed E-state index contributed by atoms with van der Waals surface area (Å²) in [5.74, 6) is 0.881. The van der Waals surface area contributed by atoms with Gasteiger partial charge in [-0.25, -0.2) is 0 Å². The average molecular weight is 363 g/mol. The van der Waals surface area contributed by atoms with Crippen LogP contribution in [0.5, 0.6) is 5.75 Å². The minimum Gasteiger partial charge on any atom is -0.496 e. The fourth-order valence-electron chi connectivity index (χ4n) is 3.85. The first-order valence-corrected chi connectivity index (χ1v) is 9.58. The number of para-hydroxylation sites is 1. The van der Waals surface area contributed by atoms with Crippen molar-refractivity contribution < 1.29 is 19.0 Å². The van der Waals surface area contributed by atoms with E-state index in [1.54, 1.807) is 14.2 Å². The van der Waals surface area contributed by atoms with Crippen LogP contribution in [0, 0.1) is 5.41 Å². The van der Waals surface area contributed by atoms with Gasteiger partial charge in [-0.3, -0.25) is 4.79 Å². The molecule has 0 radical (unpaired) electrons. The summed E-state index contributed by atoms with van der Waals surface area (Å²) >= 11 is 0. The van der Waals surface area contributed by atoms with E-state index in [-0.39, 0.29) is 5.97 Å². The van der Waals surface area contributed by atoms with Gasteiger partial charge in [-0.15, -0.1) is 0 Å². The second-order valence-corrected chi connectivity index (χ2v) is 7.14. The monoisotopic (exact) mass is 363 g/mol. The quantitative estimate of drug-likeness (QED) is 0.630. The molecule has 0 aliphatic carbocycles. The van der Waals surface area contributed by atoms with Gasteiger partial charge >= 0.3 is 5.97 Å². The Morgan fingerprint density at radius 2 is 1.92 bits per heavy atom. The summed E-state index contributed by atoms with van der Waals surface area (Å²) in [7, 11) is 3.40. The van der Waals surface area contributed by atoms with Crippen LogP contribution in [0.25, 0.3) is 0 Å². The van der Waals surface area contributed by atoms with Gasteiger partial charge in [0.15, 0.2) is 0 Å². The molecule has 5 nitrogen and oxygen atoms in total. The number of benzene rings is 1. The van der Waals surface area contributed by atoms with Gasteiger partial charge in [0.25, 0.3) is 0 Å². The zero-order valence-electron chi connectivity index (χ0n) is 16.6. The number of esters is 1. The van der Waals surface area contributed by atoms with Crippen LogP contribution >= 0.6 is 0 Å². The molecule has 1 aliphatic rings. The minimum atomic E-state index is -0.396. The maximum atomic E-state index is 12.6. The number of hydrogen-bond acceptors (Lipinski definition) is 5. The van der Waals surface area contributed by atoms with Crippen LogP contribution in [-0.2, 0) is 20.7 Å². The summed E-state index contributed by atoms with van der Waals surface area (Å²) in [4.78, 5) is 15.0. The van der Waals surface area contributed by atoms with Gasteiger partial charge in [-0.05, 0) is 64.3 Å². The van der Waals surface area contributed by atoms with Gasteiger partial charge in [0.2, 0.25) is 0 Å². The van der Waals surface area contributed by atoms with Crippen molar-refractivity contribution in [3.8, 4) is 5.75 Å². The average Bonchev–Trinajstić information content (AvgIpc) is 2.67. The molecule has 26 heavy (non-hydrogen) atoms. The largest absolute Gasteiger partial charge is 0.496 e. The predicted octanol–water partition coefficient (Wildman–Crippen LogP) is 3.31. The van der Waals surface area contributed by atoms with Crippen molar-refractivity contribution in [2.45, 2.75) is 45.6 Å². The molecule has 1 aromatic carbocycles. The summed E-state index contributed by atoms with van der Waals surface area (Å²) in [5, 5.41) is 0. The van der Waals surface area contributed by atoms with Gasteiger partial charge in [-0.1, -0.05) is 18.2 Å². The van der Waals surface area contributed by atoms with Crippen LogP contribution in [0.15, 0.2) is 24.3 Å². The number of rotatable bonds is 9. The second-order valence-electron chi connectivity index (χ2n) is 7.14. The van der Waals surface area contributed by atoms with Crippen LogP contribution in [0.1, 0.15) is 38.7 Å². The van der Waals surface area contributed by atoms with E-state index in [1.165, 1.54) is 5.56 Å². The third kappa shape index (κ3) is 4.98. The summed E-state index contributed by atoms with van der Waals surface area (Å²) in [6.45, 7) is 6.94. The highest BCUT2D eigenvalue weighted by atomic mass is 16.5. The highest BCUT2D eigenvalue weighted by Gasteiger charge is 2.42. The maximum Gasteiger partial charge on any atom is 0.312 e. The third-order valence-electron chi connectivity index (χ3n) is 5.58. The van der Waals surface area contributed by atoms with Gasteiger partial charge in [-0.2, -0.15) is 0 Å². The smallest absolute Gasteiger partial charge is 0.312 e. The lowest BCUT2D eigenvalue weighted by molar-refractivity contribution is -0.160. The number of carbonyl (C=O) groups is 1. The fourth-order valence-corrected chi connectivity index (χ4v) is 3.85. The molecule has 1 atom stereocenters. The third-order valence-corrected chi connectivity index (χ3v) is 5.58. The molecular formula is C21H33NO4. The summed E-state index contributed by atoms with van der Waals surface area (Å²) in [6.07, 6.45) is 3.32. The van der Waals surface area contributed by atoms with Crippen LogP contribution < -0.4 is 4.74 Å². The molecule has 1 aromatic rings. The van der Waals surface area contributed by atoms with Gasteiger partial charge in [0, 0.05) is 19.8 Å². The van der Waals surface area contributed by atoms with Crippen molar-refractivity contribution in [3.05, 3.63) is 29.8 Å². The zero-order valence-corrected chi connectivity index (χ0v) is 16.6. The Labute approximate surface area is 157 Å². The Kier molecular flexibility index (Phi) is 7.91. The molecule has 0 amide bonds. The molecule has 1 aliphatic heterocycles. The lowest BCUT2D eigenvalue weighted by Gasteiger charge is -2.42. The van der Waals surface area contributed by atoms with Crippen LogP contribution in [0.3, 0.4) is 0 Å². The molecule has 1 fully saturated rings. The van der Waals surface area contributed by atoms with E-state index in [4.69, 9.17) is 14.2 Å². The molecule has 0 saturated carbocycles. The Balaban J connectivity index is 1.99. The molecule has 2 rings (SSSR count). The van der Waals surface area contributed by atoms with Crippen molar-refractivity contribution in [1.82, 2.24) is 4.90 Å². The minimum absolute atomic E-state index is 0.0610. The Morgan fingerprint density at radius 3 is 2.54 bits per heavy atom. The molecule has 0 unspecified atom stereocenters. The molecule has 0 aromatic heterocycles. The summed E-state index contributed by atoms with van der Waals surface area (Å²) in [5.41, 5.74) is 0.830. The number of likely N-dealkylation sites (tertiary alicyclic amines) is 1. The number of ether oxygens (including phenoxy) is 3. The fraction of sp³-hybridized carbons (Fsp3) is 0.667. The Bertz CT molecular complexity index is 567. The van der Waals surface area contributed by atoms with Crippen LogP contribution in [0.4, 0.5) is 0 Å². The van der Waals surface area contributed by atoms with Gasteiger partial charge in [0.05, 0.1) is 19.1 Å². The van der Waals surface area contributed by atoms with E-state index in [2.05, 4.69) is 24.0 Å². The van der Waals surface area contributed by atoms with E-state index < -0.39 is 5.41 Å². The SMILES string of the molecule is CCOC(=O)C1(CCOC)CCN([C@H](C)Cc2ccccc2OC)CC1. The number of hydrogen-bond donors (Lipinski definition) is 0. The van der Waals surface area contributed by atoms with Crippen LogP contribution in [-0.4, -0.2) is 57.4 Å². The van der Waals surface area contributed by atoms with Crippen molar-refractivity contribution in [2.75, 3.05) is 40.5 Å². The predicted molar refractivity (Wildman–Crippen MR) is 103 cm³/mol. The van der Waals surface area contributed by atoms with E-state index >= 15 is 0 Å². The first kappa shape index (κ1) is 20.7. The maximum absolute atomic E-state index is 12.6. The number of carbonyl (C=O) groups excluding carboxylic acids is 1.